The van der Waals surface area contributed by atoms with Crippen LogP contribution in [-0.4, -0.2) is 27.7 Å². The SMILES string of the molecule is O[C@@H](CCc1ccccc1)CNc1ncncc1Br. The Balaban J connectivity index is 1.76. The molecule has 0 unspecified atom stereocenters. The van der Waals surface area contributed by atoms with Crippen LogP contribution in [0.2, 0.25) is 0 Å². The van der Waals surface area contributed by atoms with Crippen molar-refractivity contribution in [3.8, 4) is 0 Å². The second kappa shape index (κ2) is 7.21. The lowest BCUT2D eigenvalue weighted by atomic mass is 10.1. The average Bonchev–Trinajstić information content (AvgIpc) is 2.45. The van der Waals surface area contributed by atoms with E-state index < -0.39 is 6.10 Å². The average molecular weight is 322 g/mol. The third kappa shape index (κ3) is 4.61. The third-order valence-electron chi connectivity index (χ3n) is 2.78. The fourth-order valence-corrected chi connectivity index (χ4v) is 2.10. The molecule has 2 rings (SSSR count). The summed E-state index contributed by atoms with van der Waals surface area (Å²) in [5.41, 5.74) is 1.24. The first-order valence-electron chi connectivity index (χ1n) is 6.17. The van der Waals surface area contributed by atoms with Gasteiger partial charge in [0.2, 0.25) is 0 Å². The van der Waals surface area contributed by atoms with Crippen molar-refractivity contribution in [3.05, 3.63) is 52.9 Å². The van der Waals surface area contributed by atoms with Gasteiger partial charge in [-0.15, -0.1) is 0 Å². The van der Waals surface area contributed by atoms with Crippen molar-refractivity contribution in [2.24, 2.45) is 0 Å². The predicted molar refractivity (Wildman–Crippen MR) is 79.0 cm³/mol. The van der Waals surface area contributed by atoms with Gasteiger partial charge in [-0.05, 0) is 34.3 Å². The summed E-state index contributed by atoms with van der Waals surface area (Å²) in [5, 5.41) is 13.0. The quantitative estimate of drug-likeness (QED) is 0.858. The molecule has 0 spiro atoms. The van der Waals surface area contributed by atoms with Gasteiger partial charge in [-0.2, -0.15) is 0 Å². The van der Waals surface area contributed by atoms with E-state index in [1.165, 1.54) is 11.9 Å². The second-order valence-corrected chi connectivity index (χ2v) is 5.13. The van der Waals surface area contributed by atoms with Crippen LogP contribution in [0.25, 0.3) is 0 Å². The highest BCUT2D eigenvalue weighted by Crippen LogP contribution is 2.17. The summed E-state index contributed by atoms with van der Waals surface area (Å²) < 4.78 is 0.797. The molecule has 1 heterocycles. The molecule has 2 N–H and O–H groups in total. The van der Waals surface area contributed by atoms with Crippen molar-refractivity contribution in [1.29, 1.82) is 0 Å². The lowest BCUT2D eigenvalue weighted by Gasteiger charge is -2.12. The smallest absolute Gasteiger partial charge is 0.143 e. The number of halogens is 1. The molecule has 0 bridgehead atoms. The fourth-order valence-electron chi connectivity index (χ4n) is 1.74. The van der Waals surface area contributed by atoms with Gasteiger partial charge in [0, 0.05) is 12.7 Å². The Labute approximate surface area is 121 Å². The maximum absolute atomic E-state index is 9.94. The molecule has 1 atom stereocenters. The van der Waals surface area contributed by atoms with Gasteiger partial charge < -0.3 is 10.4 Å². The normalized spacial score (nSPS) is 12.1. The Bertz CT molecular complexity index is 507. The Morgan fingerprint density at radius 1 is 1.26 bits per heavy atom. The second-order valence-electron chi connectivity index (χ2n) is 4.28. The number of aliphatic hydroxyl groups excluding tert-OH is 1. The Morgan fingerprint density at radius 3 is 2.79 bits per heavy atom. The van der Waals surface area contributed by atoms with Crippen LogP contribution in [0.15, 0.2) is 47.3 Å². The number of rotatable bonds is 6. The number of benzene rings is 1. The molecule has 0 aliphatic carbocycles. The molecule has 1 aromatic heterocycles. The molecule has 0 aliphatic rings. The van der Waals surface area contributed by atoms with Gasteiger partial charge >= 0.3 is 0 Å². The van der Waals surface area contributed by atoms with Gasteiger partial charge in [0.05, 0.1) is 10.6 Å². The van der Waals surface area contributed by atoms with Gasteiger partial charge in [-0.1, -0.05) is 30.3 Å². The highest BCUT2D eigenvalue weighted by molar-refractivity contribution is 9.10. The van der Waals surface area contributed by atoms with Crippen LogP contribution in [0.5, 0.6) is 0 Å². The van der Waals surface area contributed by atoms with Gasteiger partial charge in [-0.3, -0.25) is 0 Å². The monoisotopic (exact) mass is 321 g/mol. The number of nitrogens with one attached hydrogen (secondary N) is 1. The number of aryl methyl sites for hydroxylation is 1. The van der Waals surface area contributed by atoms with Crippen LogP contribution in [0.3, 0.4) is 0 Å². The van der Waals surface area contributed by atoms with E-state index in [4.69, 9.17) is 0 Å². The van der Waals surface area contributed by atoms with Gasteiger partial charge in [0.1, 0.15) is 12.1 Å². The van der Waals surface area contributed by atoms with Crippen molar-refractivity contribution < 1.29 is 5.11 Å². The molecular weight excluding hydrogens is 306 g/mol. The molecule has 1 aromatic carbocycles. The van der Waals surface area contributed by atoms with E-state index in [1.807, 2.05) is 18.2 Å². The Kier molecular flexibility index (Phi) is 5.30. The van der Waals surface area contributed by atoms with Crippen molar-refractivity contribution in [2.75, 3.05) is 11.9 Å². The van der Waals surface area contributed by atoms with E-state index in [0.717, 1.165) is 17.3 Å². The molecule has 0 amide bonds. The van der Waals surface area contributed by atoms with Crippen molar-refractivity contribution in [2.45, 2.75) is 18.9 Å². The molecule has 2 aromatic rings. The van der Waals surface area contributed by atoms with E-state index >= 15 is 0 Å². The summed E-state index contributed by atoms with van der Waals surface area (Å²) in [6, 6.07) is 10.2. The van der Waals surface area contributed by atoms with Crippen LogP contribution >= 0.6 is 15.9 Å². The highest BCUT2D eigenvalue weighted by atomic mass is 79.9. The molecular formula is C14H16BrN3O. The minimum absolute atomic E-state index is 0.401. The molecule has 0 saturated heterocycles. The molecule has 0 saturated carbocycles. The minimum atomic E-state index is -0.401. The van der Waals surface area contributed by atoms with Crippen LogP contribution < -0.4 is 5.32 Å². The standard InChI is InChI=1S/C14H16BrN3O/c15-13-9-16-10-18-14(13)17-8-12(19)7-6-11-4-2-1-3-5-11/h1-5,9-10,12,19H,6-8H2,(H,16,17,18)/t12-/m0/s1. The zero-order valence-electron chi connectivity index (χ0n) is 10.5. The zero-order chi connectivity index (χ0) is 13.5. The summed E-state index contributed by atoms with van der Waals surface area (Å²) >= 11 is 3.35. The molecule has 5 heteroatoms. The number of aromatic nitrogens is 2. The maximum Gasteiger partial charge on any atom is 0.143 e. The first-order valence-corrected chi connectivity index (χ1v) is 6.96. The van der Waals surface area contributed by atoms with E-state index in [-0.39, 0.29) is 0 Å². The summed E-state index contributed by atoms with van der Waals surface area (Å²) in [5.74, 6) is 0.703. The van der Waals surface area contributed by atoms with E-state index in [1.54, 1.807) is 6.20 Å². The van der Waals surface area contributed by atoms with Gasteiger partial charge in [-0.25, -0.2) is 9.97 Å². The number of hydrogen-bond donors (Lipinski definition) is 2. The molecule has 4 nitrogen and oxygen atoms in total. The molecule has 0 fully saturated rings. The van der Waals surface area contributed by atoms with Crippen molar-refractivity contribution in [1.82, 2.24) is 9.97 Å². The maximum atomic E-state index is 9.94. The molecule has 100 valence electrons. The van der Waals surface area contributed by atoms with Crippen LogP contribution in [-0.2, 0) is 6.42 Å². The summed E-state index contributed by atoms with van der Waals surface area (Å²) in [4.78, 5) is 7.98. The van der Waals surface area contributed by atoms with E-state index in [2.05, 4.69) is 43.3 Å². The highest BCUT2D eigenvalue weighted by Gasteiger charge is 2.06. The largest absolute Gasteiger partial charge is 0.391 e. The summed E-state index contributed by atoms with van der Waals surface area (Å²) in [6.45, 7) is 0.475. The Morgan fingerprint density at radius 2 is 2.05 bits per heavy atom. The lowest BCUT2D eigenvalue weighted by molar-refractivity contribution is 0.177. The van der Waals surface area contributed by atoms with Gasteiger partial charge in [0.15, 0.2) is 0 Å². The van der Waals surface area contributed by atoms with Crippen molar-refractivity contribution >= 4 is 21.7 Å². The van der Waals surface area contributed by atoms with Crippen LogP contribution in [0, 0.1) is 0 Å². The summed E-state index contributed by atoms with van der Waals surface area (Å²) in [6.07, 6.45) is 4.34. The third-order valence-corrected chi connectivity index (χ3v) is 3.36. The van der Waals surface area contributed by atoms with Crippen molar-refractivity contribution in [3.63, 3.8) is 0 Å². The van der Waals surface area contributed by atoms with E-state index in [0.29, 0.717) is 12.4 Å². The molecule has 0 aliphatic heterocycles. The topological polar surface area (TPSA) is 58.0 Å². The summed E-state index contributed by atoms with van der Waals surface area (Å²) in [7, 11) is 0. The Hall–Kier alpha value is -1.46. The first-order chi connectivity index (χ1) is 9.25. The van der Waals surface area contributed by atoms with Crippen LogP contribution in [0.1, 0.15) is 12.0 Å². The minimum Gasteiger partial charge on any atom is -0.391 e. The van der Waals surface area contributed by atoms with E-state index in [9.17, 15) is 5.11 Å². The predicted octanol–water partition coefficient (Wildman–Crippen LogP) is 2.64. The number of anilines is 1. The van der Waals surface area contributed by atoms with Gasteiger partial charge in [0.25, 0.3) is 0 Å². The molecule has 19 heavy (non-hydrogen) atoms. The lowest BCUT2D eigenvalue weighted by Crippen LogP contribution is -2.20. The zero-order valence-corrected chi connectivity index (χ0v) is 12.0. The fraction of sp³-hybridized carbons (Fsp3) is 0.286. The van der Waals surface area contributed by atoms with Crippen LogP contribution in [0.4, 0.5) is 5.82 Å². The number of hydrogen-bond acceptors (Lipinski definition) is 4. The number of nitrogens with zero attached hydrogens (tertiary/aromatic N) is 2. The number of aliphatic hydroxyl groups is 1. The first kappa shape index (κ1) is 14.0. The molecule has 0 radical (unpaired) electrons.